The SMILES string of the molecule is Brc1ccccc1-n1c2ccccc2c2ccccc21.O=C1c2cc(Br)c3c(oc4ccccc43)c2-c2c1cc(Br)c1oc3ccccc3c21.OC1(c2ccccc2-n2c3ccccc3c3ccccc32)c2cc(Br)c3c(oc4ccccc43)c2-c2c1cc(Br)c1oc3ccccc3c21. The van der Waals surface area contributed by atoms with E-state index in [-0.39, 0.29) is 5.78 Å². The van der Waals surface area contributed by atoms with Gasteiger partial charge >= 0.3 is 0 Å². The first-order valence-corrected chi connectivity index (χ1v) is 36.1. The van der Waals surface area contributed by atoms with Gasteiger partial charge < -0.3 is 31.9 Å². The van der Waals surface area contributed by atoms with E-state index in [0.717, 1.165) is 177 Å². The fourth-order valence-corrected chi connectivity index (χ4v) is 18.6. The third-order valence-electron chi connectivity index (χ3n) is 20.0. The Morgan fingerprint density at radius 3 is 1.12 bits per heavy atom. The highest BCUT2D eigenvalue weighted by atomic mass is 79.9. The highest BCUT2D eigenvalue weighted by molar-refractivity contribution is 9.11. The zero-order valence-corrected chi connectivity index (χ0v) is 59.6. The predicted octanol–water partition coefficient (Wildman–Crippen LogP) is 26.1. The van der Waals surface area contributed by atoms with E-state index in [1.165, 1.54) is 27.5 Å². The molecule has 0 saturated heterocycles. The van der Waals surface area contributed by atoms with Crippen LogP contribution in [0.1, 0.15) is 32.6 Å². The largest absolute Gasteiger partial charge is 0.455 e. The van der Waals surface area contributed by atoms with Crippen LogP contribution in [0.4, 0.5) is 0 Å². The Bertz CT molecular complexity index is 6840. The number of furan rings is 4. The van der Waals surface area contributed by atoms with E-state index in [1.54, 1.807) is 0 Å². The van der Waals surface area contributed by atoms with E-state index in [4.69, 9.17) is 17.7 Å². The second kappa shape index (κ2) is 22.2. The Balaban J connectivity index is 0.000000112. The maximum Gasteiger partial charge on any atom is 0.194 e. The number of halogens is 5. The summed E-state index contributed by atoms with van der Waals surface area (Å²) in [7, 11) is 0. The quantitative estimate of drug-likeness (QED) is 0.189. The number of benzene rings is 14. The van der Waals surface area contributed by atoms with Crippen LogP contribution in [0, 0.1) is 0 Å². The van der Waals surface area contributed by atoms with Crippen molar-refractivity contribution in [2.24, 2.45) is 0 Å². The third kappa shape index (κ3) is 8.40. The van der Waals surface area contributed by atoms with E-state index in [2.05, 4.69) is 234 Å². The fourth-order valence-electron chi connectivity index (χ4n) is 15.9. The summed E-state index contributed by atoms with van der Waals surface area (Å²) in [5, 5.41) is 26.6. The van der Waals surface area contributed by atoms with Crippen LogP contribution >= 0.6 is 79.6 Å². The molecule has 0 saturated carbocycles. The minimum atomic E-state index is -1.57. The van der Waals surface area contributed by atoms with E-state index in [9.17, 15) is 9.90 Å². The molecule has 6 aromatic heterocycles. The summed E-state index contributed by atoms with van der Waals surface area (Å²) in [6, 6.07) is 90.6. The van der Waals surface area contributed by atoms with Gasteiger partial charge in [-0.3, -0.25) is 4.79 Å². The lowest BCUT2D eigenvalue weighted by atomic mass is 9.82. The van der Waals surface area contributed by atoms with Gasteiger partial charge in [-0.2, -0.15) is 0 Å². The van der Waals surface area contributed by atoms with E-state index in [0.29, 0.717) is 11.1 Å². The number of nitrogens with zero attached hydrogens (tertiary/aromatic N) is 2. The molecular formula is C86H45Br5N2O6. The van der Waals surface area contributed by atoms with Crippen LogP contribution in [0.2, 0.25) is 0 Å². The molecule has 470 valence electrons. The van der Waals surface area contributed by atoms with E-state index < -0.39 is 5.60 Å². The molecular weight excluding hydrogens is 1560 g/mol. The van der Waals surface area contributed by atoms with Crippen molar-refractivity contribution in [1.29, 1.82) is 0 Å². The summed E-state index contributed by atoms with van der Waals surface area (Å²) in [6.07, 6.45) is 0. The molecule has 0 amide bonds. The molecule has 22 rings (SSSR count). The van der Waals surface area contributed by atoms with Crippen molar-refractivity contribution in [2.75, 3.05) is 0 Å². The van der Waals surface area contributed by atoms with Gasteiger partial charge in [0.05, 0.1) is 42.4 Å². The first-order chi connectivity index (χ1) is 48.5. The molecule has 2 aliphatic rings. The first kappa shape index (κ1) is 59.0. The van der Waals surface area contributed by atoms with Crippen LogP contribution in [0.3, 0.4) is 0 Å². The molecule has 0 aliphatic heterocycles. The van der Waals surface area contributed by atoms with Gasteiger partial charge in [-0.1, -0.05) is 176 Å². The van der Waals surface area contributed by atoms with Gasteiger partial charge in [0.25, 0.3) is 0 Å². The van der Waals surface area contributed by atoms with Gasteiger partial charge in [0.15, 0.2) is 5.78 Å². The predicted molar refractivity (Wildman–Crippen MR) is 418 cm³/mol. The van der Waals surface area contributed by atoms with Crippen LogP contribution < -0.4 is 0 Å². The molecule has 99 heavy (non-hydrogen) atoms. The van der Waals surface area contributed by atoms with Crippen LogP contribution in [-0.4, -0.2) is 20.0 Å². The number of aromatic nitrogens is 2. The van der Waals surface area contributed by atoms with Crippen molar-refractivity contribution in [1.82, 2.24) is 9.13 Å². The van der Waals surface area contributed by atoms with Gasteiger partial charge in [-0.05, 0) is 171 Å². The molecule has 1 unspecified atom stereocenters. The van der Waals surface area contributed by atoms with Gasteiger partial charge in [-0.25, -0.2) is 0 Å². The number of carbonyl (C=O) groups excluding carboxylic acids is 1. The molecule has 8 nitrogen and oxygen atoms in total. The Labute approximate surface area is 604 Å². The summed E-state index contributed by atoms with van der Waals surface area (Å²) in [6.45, 7) is 0. The maximum atomic E-state index is 13.8. The normalized spacial score (nSPS) is 14.0. The highest BCUT2D eigenvalue weighted by Gasteiger charge is 2.49. The van der Waals surface area contributed by atoms with Gasteiger partial charge in [0.2, 0.25) is 0 Å². The molecule has 14 aromatic carbocycles. The van der Waals surface area contributed by atoms with Crippen LogP contribution in [0.15, 0.2) is 307 Å². The van der Waals surface area contributed by atoms with Gasteiger partial charge in [0, 0.05) is 128 Å². The number of carbonyl (C=O) groups is 1. The summed E-state index contributed by atoms with van der Waals surface area (Å²) in [5.74, 6) is -0.00376. The van der Waals surface area contributed by atoms with E-state index in [1.807, 2.05) is 121 Å². The summed E-state index contributed by atoms with van der Waals surface area (Å²) < 4.78 is 34.7. The zero-order chi connectivity index (χ0) is 66.3. The number of hydrogen-bond donors (Lipinski definition) is 1. The Hall–Kier alpha value is -10.1. The fraction of sp³-hybridized carbons (Fsp3) is 0.0116. The number of rotatable bonds is 3. The molecule has 1 N–H and O–H groups in total. The standard InChI is InChI=1S/C43H23Br2NO3.C25H10Br2O3.C18H12BrN/c44-30-21-29-40(42-37(30)25-13-3-9-19-35(25)49-42)39-28(22-31(45)41-38(39)26-14-4-10-20-36(26)48-41)43(29,47)27-15-5-8-18-34(27)46-32-16-6-1-11-23(32)24-12-2-7-17-33(24)46;26-15-9-14-22(25-19(15)11-5-1-3-7-17(11)30-25)20-13(23(14)28)10-16(27)24-21(20)12-6-2-4-8-18(12)29-24;19-15-9-3-6-12-18(15)20-16-10-4-1-7-13(16)14-8-2-5-11-17(14)20/h1-22,47H;1-10H;1-12H. The summed E-state index contributed by atoms with van der Waals surface area (Å²) >= 11 is 18.8. The molecule has 6 heterocycles. The van der Waals surface area contributed by atoms with Crippen molar-refractivity contribution in [3.8, 4) is 33.6 Å². The monoisotopic (exact) mass is 1600 g/mol. The first-order valence-electron chi connectivity index (χ1n) is 32.2. The third-order valence-corrected chi connectivity index (χ3v) is 23.1. The maximum absolute atomic E-state index is 13.8. The molecule has 1 atom stereocenters. The van der Waals surface area contributed by atoms with Crippen molar-refractivity contribution in [3.63, 3.8) is 0 Å². The Kier molecular flexibility index (Phi) is 13.2. The molecule has 0 spiro atoms. The van der Waals surface area contributed by atoms with E-state index >= 15 is 0 Å². The number of para-hydroxylation sites is 10. The van der Waals surface area contributed by atoms with Crippen molar-refractivity contribution < 1.29 is 27.6 Å². The average Bonchev–Trinajstić information content (AvgIpc) is 1.52. The van der Waals surface area contributed by atoms with Crippen molar-refractivity contribution in [3.05, 3.63) is 317 Å². The van der Waals surface area contributed by atoms with Crippen LogP contribution in [0.25, 0.3) is 165 Å². The number of ketones is 1. The topological polar surface area (TPSA) is 99.7 Å². The minimum Gasteiger partial charge on any atom is -0.455 e. The van der Waals surface area contributed by atoms with Gasteiger partial charge in [0.1, 0.15) is 50.3 Å². The smallest absolute Gasteiger partial charge is 0.194 e. The number of hydrogen-bond acceptors (Lipinski definition) is 6. The second-order valence-corrected chi connectivity index (χ2v) is 29.4. The summed E-state index contributed by atoms with van der Waals surface area (Å²) in [4.78, 5) is 13.4. The van der Waals surface area contributed by atoms with Crippen LogP contribution in [0.5, 0.6) is 0 Å². The number of fused-ring (bicyclic) bond motifs is 28. The lowest BCUT2D eigenvalue weighted by Gasteiger charge is -2.30. The zero-order valence-electron chi connectivity index (χ0n) is 51.7. The molecule has 20 aromatic rings. The Morgan fingerprint density at radius 2 is 0.616 bits per heavy atom. The van der Waals surface area contributed by atoms with Crippen LogP contribution in [-0.2, 0) is 5.60 Å². The van der Waals surface area contributed by atoms with Crippen molar-refractivity contribution >= 4 is 217 Å². The second-order valence-electron chi connectivity index (χ2n) is 25.1. The molecule has 0 fully saturated rings. The lowest BCUT2D eigenvalue weighted by Crippen LogP contribution is -2.28. The average molecular weight is 1600 g/mol. The lowest BCUT2D eigenvalue weighted by molar-refractivity contribution is 0.104. The number of aliphatic hydroxyl groups is 1. The highest BCUT2D eigenvalue weighted by Crippen LogP contribution is 2.61. The molecule has 0 bridgehead atoms. The summed E-state index contributed by atoms with van der Waals surface area (Å²) in [5.41, 5.74) is 18.3. The van der Waals surface area contributed by atoms with Crippen molar-refractivity contribution in [2.45, 2.75) is 5.60 Å². The molecule has 0 radical (unpaired) electrons. The van der Waals surface area contributed by atoms with Gasteiger partial charge in [-0.15, -0.1) is 0 Å². The molecule has 13 heteroatoms. The Morgan fingerprint density at radius 1 is 0.283 bits per heavy atom. The molecule has 2 aliphatic carbocycles. The minimum absolute atomic E-state index is 0.00376.